The molecule has 6 nitrogen and oxygen atoms in total. The Morgan fingerprint density at radius 1 is 1.38 bits per heavy atom. The van der Waals surface area contributed by atoms with Crippen LogP contribution in [0.4, 0.5) is 5.13 Å². The molecule has 0 aliphatic rings. The van der Waals surface area contributed by atoms with Crippen LogP contribution in [0, 0.1) is 13.8 Å². The monoisotopic (exact) mass is 342 g/mol. The van der Waals surface area contributed by atoms with Crippen LogP contribution in [0.2, 0.25) is 0 Å². The van der Waals surface area contributed by atoms with Gasteiger partial charge in [0.05, 0.1) is 17.5 Å². The maximum absolute atomic E-state index is 12.2. The highest BCUT2D eigenvalue weighted by Crippen LogP contribution is 2.32. The SMILES string of the molecule is COc1cccc2sc(NC(=O)/C=C/c3c(C)nn(C)c3C)nc12. The molecule has 0 spiro atoms. The third-order valence-corrected chi connectivity index (χ3v) is 4.73. The topological polar surface area (TPSA) is 69.0 Å². The molecule has 24 heavy (non-hydrogen) atoms. The number of benzene rings is 1. The van der Waals surface area contributed by atoms with Gasteiger partial charge in [0.1, 0.15) is 11.3 Å². The molecule has 1 aromatic carbocycles. The van der Waals surface area contributed by atoms with Crippen molar-refractivity contribution in [3.8, 4) is 5.75 Å². The van der Waals surface area contributed by atoms with Crippen molar-refractivity contribution in [3.63, 3.8) is 0 Å². The highest BCUT2D eigenvalue weighted by molar-refractivity contribution is 7.22. The first kappa shape index (κ1) is 16.2. The quantitative estimate of drug-likeness (QED) is 0.739. The second kappa shape index (κ2) is 6.45. The zero-order chi connectivity index (χ0) is 17.3. The van der Waals surface area contributed by atoms with Gasteiger partial charge >= 0.3 is 0 Å². The summed E-state index contributed by atoms with van der Waals surface area (Å²) >= 11 is 1.41. The van der Waals surface area contributed by atoms with Gasteiger partial charge in [0.25, 0.3) is 0 Å². The van der Waals surface area contributed by atoms with Crippen LogP contribution in [0.5, 0.6) is 5.75 Å². The van der Waals surface area contributed by atoms with E-state index in [9.17, 15) is 4.79 Å². The fourth-order valence-corrected chi connectivity index (χ4v) is 3.37. The van der Waals surface area contributed by atoms with Gasteiger partial charge < -0.3 is 4.74 Å². The summed E-state index contributed by atoms with van der Waals surface area (Å²) in [5.41, 5.74) is 3.62. The molecule has 7 heteroatoms. The number of fused-ring (bicyclic) bond motifs is 1. The first-order valence-corrected chi connectivity index (χ1v) is 8.24. The largest absolute Gasteiger partial charge is 0.494 e. The Morgan fingerprint density at radius 3 is 2.83 bits per heavy atom. The number of aryl methyl sites for hydroxylation is 2. The zero-order valence-corrected chi connectivity index (χ0v) is 14.8. The van der Waals surface area contributed by atoms with Crippen LogP contribution in [0.25, 0.3) is 16.3 Å². The van der Waals surface area contributed by atoms with E-state index < -0.39 is 0 Å². The molecule has 0 atom stereocenters. The number of hydrogen-bond donors (Lipinski definition) is 1. The van der Waals surface area contributed by atoms with Crippen LogP contribution >= 0.6 is 11.3 Å². The molecule has 1 amide bonds. The van der Waals surface area contributed by atoms with Gasteiger partial charge in [-0.1, -0.05) is 17.4 Å². The lowest BCUT2D eigenvalue weighted by atomic mass is 10.2. The molecule has 0 fully saturated rings. The Balaban J connectivity index is 1.79. The molecule has 0 saturated carbocycles. The lowest BCUT2D eigenvalue weighted by Crippen LogP contribution is -2.07. The fourth-order valence-electron chi connectivity index (χ4n) is 2.48. The number of amides is 1. The van der Waals surface area contributed by atoms with E-state index >= 15 is 0 Å². The number of nitrogens with one attached hydrogen (secondary N) is 1. The number of ether oxygens (including phenoxy) is 1. The van der Waals surface area contributed by atoms with E-state index in [1.54, 1.807) is 17.9 Å². The summed E-state index contributed by atoms with van der Waals surface area (Å²) in [5, 5.41) is 7.67. The molecule has 2 heterocycles. The molecule has 2 aromatic heterocycles. The minimum absolute atomic E-state index is 0.226. The number of hydrogen-bond acceptors (Lipinski definition) is 5. The van der Waals surface area contributed by atoms with E-state index in [2.05, 4.69) is 15.4 Å². The number of carbonyl (C=O) groups excluding carboxylic acids is 1. The van der Waals surface area contributed by atoms with Crippen molar-refractivity contribution in [2.24, 2.45) is 7.05 Å². The van der Waals surface area contributed by atoms with Crippen LogP contribution in [0.15, 0.2) is 24.3 Å². The standard InChI is InChI=1S/C17H18N4O2S/c1-10-12(11(2)21(3)20-10)8-9-15(22)18-17-19-16-13(23-4)6-5-7-14(16)24-17/h5-9H,1-4H3,(H,18,19,22)/b9-8+. The molecule has 3 rings (SSSR count). The zero-order valence-electron chi connectivity index (χ0n) is 14.0. The van der Waals surface area contributed by atoms with Gasteiger partial charge in [0.2, 0.25) is 5.91 Å². The number of anilines is 1. The van der Waals surface area contributed by atoms with E-state index in [4.69, 9.17) is 4.74 Å². The van der Waals surface area contributed by atoms with E-state index in [0.29, 0.717) is 10.9 Å². The third-order valence-electron chi connectivity index (χ3n) is 3.80. The number of nitrogens with zero attached hydrogens (tertiary/aromatic N) is 3. The number of methoxy groups -OCH3 is 1. The Morgan fingerprint density at radius 2 is 2.17 bits per heavy atom. The van der Waals surface area contributed by atoms with Crippen LogP contribution < -0.4 is 10.1 Å². The van der Waals surface area contributed by atoms with E-state index in [1.165, 1.54) is 17.4 Å². The van der Waals surface area contributed by atoms with Crippen LogP contribution in [-0.2, 0) is 11.8 Å². The highest BCUT2D eigenvalue weighted by Gasteiger charge is 2.10. The first-order valence-electron chi connectivity index (χ1n) is 7.42. The van der Waals surface area contributed by atoms with Gasteiger partial charge in [-0.05, 0) is 32.1 Å². The van der Waals surface area contributed by atoms with Gasteiger partial charge in [-0.25, -0.2) is 4.98 Å². The summed E-state index contributed by atoms with van der Waals surface area (Å²) in [7, 11) is 3.49. The smallest absolute Gasteiger partial charge is 0.250 e. The third kappa shape index (κ3) is 3.03. The molecule has 0 aliphatic carbocycles. The van der Waals surface area contributed by atoms with Crippen LogP contribution in [0.1, 0.15) is 17.0 Å². The van der Waals surface area contributed by atoms with Crippen molar-refractivity contribution in [2.45, 2.75) is 13.8 Å². The Kier molecular flexibility index (Phi) is 4.35. The normalized spacial score (nSPS) is 11.3. The van der Waals surface area contributed by atoms with Gasteiger partial charge in [-0.2, -0.15) is 5.10 Å². The molecule has 1 N–H and O–H groups in total. The van der Waals surface area contributed by atoms with Crippen molar-refractivity contribution in [2.75, 3.05) is 12.4 Å². The molecule has 0 aliphatic heterocycles. The molecule has 0 unspecified atom stereocenters. The van der Waals surface area contributed by atoms with Gasteiger partial charge in [0.15, 0.2) is 5.13 Å². The van der Waals surface area contributed by atoms with Crippen molar-refractivity contribution in [1.29, 1.82) is 0 Å². The predicted molar refractivity (Wildman–Crippen MR) is 96.5 cm³/mol. The highest BCUT2D eigenvalue weighted by atomic mass is 32.1. The van der Waals surface area contributed by atoms with Crippen LogP contribution in [-0.4, -0.2) is 27.8 Å². The maximum atomic E-state index is 12.2. The number of rotatable bonds is 4. The molecule has 0 saturated heterocycles. The molecular weight excluding hydrogens is 324 g/mol. The first-order chi connectivity index (χ1) is 11.5. The fraction of sp³-hybridized carbons (Fsp3) is 0.235. The summed E-state index contributed by atoms with van der Waals surface area (Å²) in [6.45, 7) is 3.89. The molecule has 0 bridgehead atoms. The van der Waals surface area contributed by atoms with Gasteiger partial charge in [0, 0.05) is 24.4 Å². The van der Waals surface area contributed by atoms with E-state index in [-0.39, 0.29) is 5.91 Å². The van der Waals surface area contributed by atoms with Crippen molar-refractivity contribution < 1.29 is 9.53 Å². The second-order valence-electron chi connectivity index (χ2n) is 5.36. The predicted octanol–water partition coefficient (Wildman–Crippen LogP) is 3.31. The van der Waals surface area contributed by atoms with E-state index in [0.717, 1.165) is 27.2 Å². The Bertz CT molecular complexity index is 940. The molecular formula is C17H18N4O2S. The van der Waals surface area contributed by atoms with Gasteiger partial charge in [-0.3, -0.25) is 14.8 Å². The summed E-state index contributed by atoms with van der Waals surface area (Å²) in [6.07, 6.45) is 3.28. The van der Waals surface area contributed by atoms with Gasteiger partial charge in [-0.15, -0.1) is 0 Å². The summed E-state index contributed by atoms with van der Waals surface area (Å²) in [4.78, 5) is 16.6. The summed E-state index contributed by atoms with van der Waals surface area (Å²) in [6, 6.07) is 5.70. The Hall–Kier alpha value is -2.67. The number of thiazole rings is 1. The maximum Gasteiger partial charge on any atom is 0.250 e. The summed E-state index contributed by atoms with van der Waals surface area (Å²) in [5.74, 6) is 0.470. The molecule has 124 valence electrons. The number of carbonyl (C=O) groups is 1. The molecule has 0 radical (unpaired) electrons. The lowest BCUT2D eigenvalue weighted by Gasteiger charge is -1.98. The average Bonchev–Trinajstić information content (AvgIpc) is 3.06. The van der Waals surface area contributed by atoms with Crippen LogP contribution in [0.3, 0.4) is 0 Å². The van der Waals surface area contributed by atoms with Crippen molar-refractivity contribution >= 4 is 38.7 Å². The number of aromatic nitrogens is 3. The minimum Gasteiger partial charge on any atom is -0.494 e. The molecule has 3 aromatic rings. The Labute approximate surface area is 143 Å². The summed E-state index contributed by atoms with van der Waals surface area (Å²) < 4.78 is 8.05. The van der Waals surface area contributed by atoms with Crippen molar-refractivity contribution in [1.82, 2.24) is 14.8 Å². The lowest BCUT2D eigenvalue weighted by molar-refractivity contribution is -0.111. The minimum atomic E-state index is -0.226. The number of para-hydroxylation sites is 1. The average molecular weight is 342 g/mol. The second-order valence-corrected chi connectivity index (χ2v) is 6.39. The van der Waals surface area contributed by atoms with Crippen molar-refractivity contribution in [3.05, 3.63) is 41.2 Å². The van der Waals surface area contributed by atoms with E-state index in [1.807, 2.05) is 39.1 Å².